The van der Waals surface area contributed by atoms with Crippen molar-refractivity contribution in [1.82, 2.24) is 0 Å². The first-order valence-electron chi connectivity index (χ1n) is 29.4. The number of nitrogens with zero attached hydrogens (tertiary/aromatic N) is 2. The van der Waals surface area contributed by atoms with Crippen molar-refractivity contribution in [2.45, 2.75) is 219 Å². The van der Waals surface area contributed by atoms with Crippen molar-refractivity contribution < 1.29 is 4.42 Å². The molecule has 13 rings (SSSR count). The molecule has 6 aliphatic rings. The van der Waals surface area contributed by atoms with Crippen LogP contribution < -0.4 is 26.4 Å². The second-order valence-electron chi connectivity index (χ2n) is 30.6. The average Bonchev–Trinajstić information content (AvgIpc) is 3.74. The van der Waals surface area contributed by atoms with Gasteiger partial charge in [0.15, 0.2) is 0 Å². The predicted molar refractivity (Wildman–Crippen MR) is 326 cm³/mol. The number of rotatable bonds is 3. The summed E-state index contributed by atoms with van der Waals surface area (Å²) in [6.07, 6.45) is 9.30. The smallest absolute Gasteiger partial charge is 0.297 e. The Morgan fingerprint density at radius 2 is 0.816 bits per heavy atom. The Morgan fingerprint density at radius 3 is 1.36 bits per heavy atom. The minimum atomic E-state index is -0.136. The van der Waals surface area contributed by atoms with Crippen molar-refractivity contribution in [1.29, 1.82) is 0 Å². The Morgan fingerprint density at radius 1 is 0.382 bits per heavy atom. The fourth-order valence-electron chi connectivity index (χ4n) is 15.7. The lowest BCUT2D eigenvalue weighted by atomic mass is 9.35. The standard InChI is InChI=1S/C72H85BN2O/c1-42-19-21-44(22-20-42)46-36-50-53(70(13,14)30-27-67(50,7)8)39-57(46)75-58-40-54-52(69(11,12)29-31-71(54,15)16)38-56(58)73-62-59(33-43(2)34-60(62)75)74(45-23-24-48-49(35-45)66(5,6)26-25-65(48,3)4)63-47-37-51-55(41-61(47)76-64(63)73)72(17,18)32-28-68(51,9)10/h19-24,33-41H,25-32H2,1-18H3. The normalized spacial score (nSPS) is 21.9. The highest BCUT2D eigenvalue weighted by molar-refractivity contribution is 7.00. The Bertz CT molecular complexity index is 3640. The third-order valence-electron chi connectivity index (χ3n) is 21.4. The van der Waals surface area contributed by atoms with E-state index in [1.807, 2.05) is 0 Å². The van der Waals surface area contributed by atoms with Crippen LogP contribution in [-0.2, 0) is 43.3 Å². The summed E-state index contributed by atoms with van der Waals surface area (Å²) in [7, 11) is 0. The molecule has 0 amide bonds. The molecule has 0 spiro atoms. The number of hydrogen-bond donors (Lipinski definition) is 0. The van der Waals surface area contributed by atoms with Crippen LogP contribution in [-0.4, -0.2) is 6.71 Å². The van der Waals surface area contributed by atoms with E-state index in [0.717, 1.165) is 49.8 Å². The van der Waals surface area contributed by atoms with Gasteiger partial charge in [-0.25, -0.2) is 0 Å². The van der Waals surface area contributed by atoms with Gasteiger partial charge in [0.05, 0.1) is 17.0 Å². The largest absolute Gasteiger partial charge is 0.468 e. The molecule has 0 saturated heterocycles. The molecule has 0 fully saturated rings. The molecule has 4 aliphatic carbocycles. The number of furan rings is 1. The van der Waals surface area contributed by atoms with Crippen LogP contribution in [0.25, 0.3) is 22.1 Å². The van der Waals surface area contributed by atoms with Gasteiger partial charge in [-0.3, -0.25) is 0 Å². The molecule has 0 atom stereocenters. The van der Waals surface area contributed by atoms with Gasteiger partial charge < -0.3 is 14.2 Å². The average molecular weight is 1010 g/mol. The zero-order valence-electron chi connectivity index (χ0n) is 49.7. The second-order valence-corrected chi connectivity index (χ2v) is 30.6. The summed E-state index contributed by atoms with van der Waals surface area (Å²) in [5, 5.41) is 1.23. The highest BCUT2D eigenvalue weighted by atomic mass is 16.3. The molecule has 2 aliphatic heterocycles. The van der Waals surface area contributed by atoms with E-state index >= 15 is 0 Å². The van der Waals surface area contributed by atoms with E-state index in [1.54, 1.807) is 0 Å². The van der Waals surface area contributed by atoms with E-state index in [-0.39, 0.29) is 50.0 Å². The van der Waals surface area contributed by atoms with Crippen LogP contribution in [0.15, 0.2) is 95.4 Å². The summed E-state index contributed by atoms with van der Waals surface area (Å²) in [5.41, 5.74) is 29.5. The first-order chi connectivity index (χ1) is 35.4. The van der Waals surface area contributed by atoms with E-state index < -0.39 is 0 Å². The molecule has 7 aromatic rings. The molecular weight excluding hydrogens is 920 g/mol. The molecule has 0 radical (unpaired) electrons. The molecule has 392 valence electrons. The predicted octanol–water partition coefficient (Wildman–Crippen LogP) is 18.2. The van der Waals surface area contributed by atoms with E-state index in [9.17, 15) is 0 Å². The highest BCUT2D eigenvalue weighted by Gasteiger charge is 2.51. The van der Waals surface area contributed by atoms with Crippen LogP contribution >= 0.6 is 0 Å². The van der Waals surface area contributed by atoms with Gasteiger partial charge in [-0.2, -0.15) is 0 Å². The van der Waals surface area contributed by atoms with Crippen molar-refractivity contribution in [3.05, 3.63) is 147 Å². The summed E-state index contributed by atoms with van der Waals surface area (Å²) < 4.78 is 7.84. The minimum Gasteiger partial charge on any atom is -0.468 e. The van der Waals surface area contributed by atoms with Crippen LogP contribution in [0, 0.1) is 13.8 Å². The van der Waals surface area contributed by atoms with Crippen LogP contribution in [0.4, 0.5) is 34.1 Å². The Labute approximate surface area is 457 Å². The Kier molecular flexibility index (Phi) is 10.3. The summed E-state index contributed by atoms with van der Waals surface area (Å²) in [6.45, 7) is 44.1. The van der Waals surface area contributed by atoms with Crippen molar-refractivity contribution >= 4 is 68.4 Å². The minimum absolute atomic E-state index is 0.00655. The number of benzene rings is 6. The zero-order valence-corrected chi connectivity index (χ0v) is 49.7. The molecule has 3 heterocycles. The van der Waals surface area contributed by atoms with Gasteiger partial charge in [-0.1, -0.05) is 153 Å². The van der Waals surface area contributed by atoms with Crippen molar-refractivity contribution in [2.24, 2.45) is 0 Å². The van der Waals surface area contributed by atoms with Gasteiger partial charge in [0.1, 0.15) is 5.58 Å². The molecular formula is C72H85BN2O. The van der Waals surface area contributed by atoms with Crippen LogP contribution in [0.3, 0.4) is 0 Å². The Hall–Kier alpha value is -5.48. The van der Waals surface area contributed by atoms with E-state index in [4.69, 9.17) is 4.42 Å². The molecule has 6 aromatic carbocycles. The fourth-order valence-corrected chi connectivity index (χ4v) is 15.7. The molecule has 1 aromatic heterocycles. The molecule has 4 heteroatoms. The van der Waals surface area contributed by atoms with Gasteiger partial charge >= 0.3 is 0 Å². The van der Waals surface area contributed by atoms with Crippen LogP contribution in [0.5, 0.6) is 0 Å². The number of aryl methyl sites for hydroxylation is 2. The monoisotopic (exact) mass is 1000 g/mol. The van der Waals surface area contributed by atoms with Crippen molar-refractivity contribution in [3.63, 3.8) is 0 Å². The number of fused-ring (bicyclic) bond motifs is 10. The van der Waals surface area contributed by atoms with Gasteiger partial charge in [0.2, 0.25) is 0 Å². The lowest BCUT2D eigenvalue weighted by Gasteiger charge is -2.48. The second kappa shape index (κ2) is 15.6. The van der Waals surface area contributed by atoms with E-state index in [0.29, 0.717) is 0 Å². The zero-order chi connectivity index (χ0) is 54.0. The maximum absolute atomic E-state index is 7.84. The first kappa shape index (κ1) is 50.1. The summed E-state index contributed by atoms with van der Waals surface area (Å²) in [5.74, 6) is 0. The molecule has 0 N–H and O–H groups in total. The number of anilines is 6. The van der Waals surface area contributed by atoms with Crippen molar-refractivity contribution in [3.8, 4) is 11.1 Å². The quantitative estimate of drug-likeness (QED) is 0.164. The third-order valence-corrected chi connectivity index (χ3v) is 21.4. The lowest BCUT2D eigenvalue weighted by Crippen LogP contribution is -2.61. The van der Waals surface area contributed by atoms with Crippen molar-refractivity contribution in [2.75, 3.05) is 9.80 Å². The molecule has 76 heavy (non-hydrogen) atoms. The van der Waals surface area contributed by atoms with Gasteiger partial charge in [-0.05, 0) is 230 Å². The topological polar surface area (TPSA) is 19.6 Å². The van der Waals surface area contributed by atoms with Gasteiger partial charge in [0, 0.05) is 33.7 Å². The van der Waals surface area contributed by atoms with Gasteiger partial charge in [-0.15, -0.1) is 0 Å². The maximum atomic E-state index is 7.84. The molecule has 0 unspecified atom stereocenters. The van der Waals surface area contributed by atoms with E-state index in [1.165, 1.54) is 130 Å². The highest BCUT2D eigenvalue weighted by Crippen LogP contribution is 2.57. The fraction of sp³-hybridized carbons (Fsp3) is 0.472. The molecule has 0 bridgehead atoms. The van der Waals surface area contributed by atoms with E-state index in [2.05, 4.69) is 225 Å². The SMILES string of the molecule is Cc1ccc(-c2cc3c(cc2N2c4cc5c(cc4B4c6oc7cc8c(cc7c6N(c6ccc7c(c6)C(C)(C)CCC7(C)C)c6cc(C)cc2c64)C(C)(C)CCC8(C)C)C(C)(C)CCC5(C)C)C(C)(C)CCC3(C)C)cc1. The first-order valence-corrected chi connectivity index (χ1v) is 29.4. The number of hydrogen-bond acceptors (Lipinski definition) is 3. The third kappa shape index (κ3) is 7.12. The lowest BCUT2D eigenvalue weighted by molar-refractivity contribution is 0.332. The molecule has 0 saturated carbocycles. The Balaban J connectivity index is 1.19. The summed E-state index contributed by atoms with van der Waals surface area (Å²) in [6, 6.07) is 37.7. The summed E-state index contributed by atoms with van der Waals surface area (Å²) in [4.78, 5) is 5.44. The molecule has 3 nitrogen and oxygen atoms in total. The van der Waals surface area contributed by atoms with Gasteiger partial charge in [0.25, 0.3) is 6.71 Å². The van der Waals surface area contributed by atoms with Crippen LogP contribution in [0.2, 0.25) is 0 Å². The van der Waals surface area contributed by atoms with Crippen LogP contribution in [0.1, 0.15) is 218 Å². The maximum Gasteiger partial charge on any atom is 0.297 e. The summed E-state index contributed by atoms with van der Waals surface area (Å²) >= 11 is 0.